The Morgan fingerprint density at radius 2 is 2.11 bits per heavy atom. The molecule has 2 unspecified atom stereocenters. The van der Waals surface area contributed by atoms with E-state index in [0.717, 1.165) is 25.6 Å². The standard InChI is InChI=1S/C21H32N4O2.HI/c1-15-7-6-8-17(11-15)16(2)12-22-19-23-13-18-14-24(9-10-25(18)19)20(26)27-21(3,4)5;/h6-8,11,16,18H,9-10,12-14H2,1-5H3,(H,22,23);1H. The Morgan fingerprint density at radius 3 is 2.79 bits per heavy atom. The van der Waals surface area contributed by atoms with Gasteiger partial charge in [0.25, 0.3) is 0 Å². The number of carbonyl (C=O) groups is 1. The maximum absolute atomic E-state index is 12.3. The lowest BCUT2D eigenvalue weighted by atomic mass is 9.99. The summed E-state index contributed by atoms with van der Waals surface area (Å²) in [7, 11) is 0. The average Bonchev–Trinajstić information content (AvgIpc) is 3.00. The monoisotopic (exact) mass is 500 g/mol. The van der Waals surface area contributed by atoms with Crippen molar-refractivity contribution >= 4 is 36.0 Å². The van der Waals surface area contributed by atoms with Gasteiger partial charge in [-0.15, -0.1) is 24.0 Å². The van der Waals surface area contributed by atoms with Crippen molar-refractivity contribution in [3.63, 3.8) is 0 Å². The number of hydrogen-bond acceptors (Lipinski definition) is 5. The molecule has 7 heteroatoms. The molecule has 1 aromatic carbocycles. The number of fused-ring (bicyclic) bond motifs is 1. The summed E-state index contributed by atoms with van der Waals surface area (Å²) in [6.07, 6.45) is -0.225. The number of guanidine groups is 1. The van der Waals surface area contributed by atoms with E-state index in [1.807, 2.05) is 20.8 Å². The molecule has 0 bridgehead atoms. The average molecular weight is 500 g/mol. The summed E-state index contributed by atoms with van der Waals surface area (Å²) < 4.78 is 5.51. The van der Waals surface area contributed by atoms with Gasteiger partial charge in [-0.3, -0.25) is 4.99 Å². The normalized spacial score (nSPS) is 20.0. The fourth-order valence-electron chi connectivity index (χ4n) is 3.56. The van der Waals surface area contributed by atoms with Crippen molar-refractivity contribution in [1.82, 2.24) is 15.1 Å². The molecule has 0 aromatic heterocycles. The first-order valence-corrected chi connectivity index (χ1v) is 9.82. The van der Waals surface area contributed by atoms with Crippen molar-refractivity contribution < 1.29 is 9.53 Å². The SMILES string of the molecule is Cc1cccc(C(C)CNC2=NCC3CN(C(=O)OC(C)(C)C)CCN23)c1.I. The quantitative estimate of drug-likeness (QED) is 0.645. The predicted molar refractivity (Wildman–Crippen MR) is 124 cm³/mol. The number of ether oxygens (including phenoxy) is 1. The highest BCUT2D eigenvalue weighted by molar-refractivity contribution is 14.0. The van der Waals surface area contributed by atoms with Gasteiger partial charge in [0.1, 0.15) is 5.60 Å². The van der Waals surface area contributed by atoms with Crippen LogP contribution in [0.5, 0.6) is 0 Å². The Morgan fingerprint density at radius 1 is 1.36 bits per heavy atom. The maximum Gasteiger partial charge on any atom is 0.410 e. The molecule has 0 saturated carbocycles. The molecule has 1 N–H and O–H groups in total. The minimum Gasteiger partial charge on any atom is -0.444 e. The molecule has 28 heavy (non-hydrogen) atoms. The second-order valence-corrected chi connectivity index (χ2v) is 8.63. The van der Waals surface area contributed by atoms with Gasteiger partial charge in [0.15, 0.2) is 5.96 Å². The Labute approximate surface area is 185 Å². The van der Waals surface area contributed by atoms with Gasteiger partial charge >= 0.3 is 6.09 Å². The molecular weight excluding hydrogens is 467 g/mol. The molecule has 1 fully saturated rings. The summed E-state index contributed by atoms with van der Waals surface area (Å²) in [6, 6.07) is 8.89. The number of piperazine rings is 1. The molecule has 2 aliphatic heterocycles. The second-order valence-electron chi connectivity index (χ2n) is 8.63. The molecule has 1 amide bonds. The lowest BCUT2D eigenvalue weighted by Crippen LogP contribution is -2.57. The van der Waals surface area contributed by atoms with Gasteiger partial charge in [-0.2, -0.15) is 0 Å². The first-order chi connectivity index (χ1) is 12.7. The van der Waals surface area contributed by atoms with Crippen LogP contribution in [0.3, 0.4) is 0 Å². The van der Waals surface area contributed by atoms with E-state index in [2.05, 4.69) is 53.3 Å². The van der Waals surface area contributed by atoms with Crippen LogP contribution in [0, 0.1) is 6.92 Å². The van der Waals surface area contributed by atoms with Crippen LogP contribution in [0.25, 0.3) is 0 Å². The van der Waals surface area contributed by atoms with E-state index in [-0.39, 0.29) is 36.1 Å². The Bertz CT molecular complexity index is 717. The van der Waals surface area contributed by atoms with Gasteiger partial charge in [0.2, 0.25) is 0 Å². The van der Waals surface area contributed by atoms with Gasteiger partial charge in [0.05, 0.1) is 12.6 Å². The number of nitrogens with zero attached hydrogens (tertiary/aromatic N) is 3. The Kier molecular flexibility index (Phi) is 7.59. The summed E-state index contributed by atoms with van der Waals surface area (Å²) in [5.74, 6) is 1.37. The van der Waals surface area contributed by atoms with Crippen LogP contribution < -0.4 is 5.32 Å². The number of nitrogens with one attached hydrogen (secondary N) is 1. The van der Waals surface area contributed by atoms with Crippen LogP contribution in [0.2, 0.25) is 0 Å². The van der Waals surface area contributed by atoms with Crippen LogP contribution in [-0.4, -0.2) is 66.2 Å². The first-order valence-electron chi connectivity index (χ1n) is 9.82. The zero-order chi connectivity index (χ0) is 19.6. The van der Waals surface area contributed by atoms with Crippen molar-refractivity contribution in [3.8, 4) is 0 Å². The fraction of sp³-hybridized carbons (Fsp3) is 0.619. The molecule has 156 valence electrons. The zero-order valence-corrected chi connectivity index (χ0v) is 19.9. The number of aliphatic imine (C=N–C) groups is 1. The van der Waals surface area contributed by atoms with Crippen LogP contribution in [0.15, 0.2) is 29.3 Å². The van der Waals surface area contributed by atoms with Gasteiger partial charge in [-0.1, -0.05) is 36.8 Å². The molecule has 0 spiro atoms. The largest absolute Gasteiger partial charge is 0.444 e. The van der Waals surface area contributed by atoms with Crippen LogP contribution in [0.1, 0.15) is 44.7 Å². The number of halogens is 1. The summed E-state index contributed by atoms with van der Waals surface area (Å²) in [4.78, 5) is 21.1. The minimum atomic E-state index is -0.459. The maximum atomic E-state index is 12.3. The van der Waals surface area contributed by atoms with Crippen molar-refractivity contribution in [3.05, 3.63) is 35.4 Å². The van der Waals surface area contributed by atoms with E-state index in [0.29, 0.717) is 19.0 Å². The summed E-state index contributed by atoms with van der Waals surface area (Å²) >= 11 is 0. The van der Waals surface area contributed by atoms with E-state index in [9.17, 15) is 4.79 Å². The van der Waals surface area contributed by atoms with Gasteiger partial charge < -0.3 is 19.9 Å². The second kappa shape index (κ2) is 9.33. The summed E-state index contributed by atoms with van der Waals surface area (Å²) in [5, 5.41) is 3.52. The smallest absolute Gasteiger partial charge is 0.410 e. The molecule has 3 rings (SSSR count). The molecule has 2 atom stereocenters. The summed E-state index contributed by atoms with van der Waals surface area (Å²) in [5.41, 5.74) is 2.17. The number of carbonyl (C=O) groups excluding carboxylic acids is 1. The molecule has 0 aliphatic carbocycles. The predicted octanol–water partition coefficient (Wildman–Crippen LogP) is 3.60. The van der Waals surface area contributed by atoms with Crippen molar-refractivity contribution in [2.75, 3.05) is 32.7 Å². The van der Waals surface area contributed by atoms with E-state index < -0.39 is 5.60 Å². The molecule has 0 radical (unpaired) electrons. The molecule has 6 nitrogen and oxygen atoms in total. The minimum absolute atomic E-state index is 0. The first kappa shape index (κ1) is 22.8. The number of rotatable bonds is 3. The highest BCUT2D eigenvalue weighted by Gasteiger charge is 2.36. The summed E-state index contributed by atoms with van der Waals surface area (Å²) in [6.45, 7) is 13.7. The Hall–Kier alpha value is -1.51. The highest BCUT2D eigenvalue weighted by atomic mass is 127. The van der Waals surface area contributed by atoms with Crippen molar-refractivity contribution in [2.45, 2.75) is 52.2 Å². The molecule has 2 aliphatic rings. The topological polar surface area (TPSA) is 57.2 Å². The third-order valence-corrected chi connectivity index (χ3v) is 5.04. The van der Waals surface area contributed by atoms with Gasteiger partial charge in [-0.05, 0) is 39.2 Å². The van der Waals surface area contributed by atoms with Crippen LogP contribution >= 0.6 is 24.0 Å². The van der Waals surface area contributed by atoms with E-state index in [1.54, 1.807) is 4.90 Å². The molecule has 1 aromatic rings. The lowest BCUT2D eigenvalue weighted by Gasteiger charge is -2.39. The van der Waals surface area contributed by atoms with Crippen molar-refractivity contribution in [1.29, 1.82) is 0 Å². The number of benzene rings is 1. The highest BCUT2D eigenvalue weighted by Crippen LogP contribution is 2.20. The van der Waals surface area contributed by atoms with E-state index in [4.69, 9.17) is 4.74 Å². The van der Waals surface area contributed by atoms with E-state index >= 15 is 0 Å². The van der Waals surface area contributed by atoms with Gasteiger partial charge in [-0.25, -0.2) is 4.79 Å². The van der Waals surface area contributed by atoms with Gasteiger partial charge in [0, 0.05) is 26.2 Å². The molecular formula is C21H33IN4O2. The third-order valence-electron chi connectivity index (χ3n) is 5.04. The molecule has 2 heterocycles. The zero-order valence-electron chi connectivity index (χ0n) is 17.6. The van der Waals surface area contributed by atoms with Crippen molar-refractivity contribution in [2.24, 2.45) is 4.99 Å². The van der Waals surface area contributed by atoms with E-state index in [1.165, 1.54) is 11.1 Å². The number of aryl methyl sites for hydroxylation is 1. The lowest BCUT2D eigenvalue weighted by molar-refractivity contribution is 0.0137. The Balaban J connectivity index is 0.00000280. The third kappa shape index (κ3) is 5.75. The van der Waals surface area contributed by atoms with Crippen LogP contribution in [-0.2, 0) is 4.74 Å². The fourth-order valence-corrected chi connectivity index (χ4v) is 3.56. The number of hydrogen-bond donors (Lipinski definition) is 1. The number of amides is 1. The van der Waals surface area contributed by atoms with Crippen LogP contribution in [0.4, 0.5) is 4.79 Å². The molecule has 1 saturated heterocycles.